The molecular formula is C8H10Br2ClN. The third-order valence-corrected chi connectivity index (χ3v) is 3.97. The summed E-state index contributed by atoms with van der Waals surface area (Å²) in [5.41, 5.74) is 3.31. The van der Waals surface area contributed by atoms with E-state index in [-0.39, 0.29) is 12.4 Å². The molecule has 0 radical (unpaired) electrons. The van der Waals surface area contributed by atoms with E-state index in [1.54, 1.807) is 0 Å². The predicted octanol–water partition coefficient (Wildman–Crippen LogP) is 3.95. The highest BCUT2D eigenvalue weighted by molar-refractivity contribution is 9.11. The van der Waals surface area contributed by atoms with Gasteiger partial charge < -0.3 is 0 Å². The Morgan fingerprint density at radius 1 is 0.917 bits per heavy atom. The van der Waals surface area contributed by atoms with Crippen LogP contribution in [-0.4, -0.2) is 4.98 Å². The summed E-state index contributed by atoms with van der Waals surface area (Å²) < 4.78 is 2.19. The molecule has 0 unspecified atom stereocenters. The zero-order valence-corrected chi connectivity index (χ0v) is 11.1. The average molecular weight is 315 g/mol. The lowest BCUT2D eigenvalue weighted by molar-refractivity contribution is 1.07. The smallest absolute Gasteiger partial charge is 0.0521 e. The predicted molar refractivity (Wildman–Crippen MR) is 61.1 cm³/mol. The van der Waals surface area contributed by atoms with Crippen molar-refractivity contribution in [3.63, 3.8) is 0 Å². The van der Waals surface area contributed by atoms with Gasteiger partial charge in [0.25, 0.3) is 0 Å². The summed E-state index contributed by atoms with van der Waals surface area (Å²) in [5, 5.41) is 0. The number of pyridine rings is 1. The first-order valence-corrected chi connectivity index (χ1v) is 4.91. The Hall–Kier alpha value is 0.400. The van der Waals surface area contributed by atoms with Gasteiger partial charge in [0.15, 0.2) is 0 Å². The van der Waals surface area contributed by atoms with Crippen LogP contribution in [-0.2, 0) is 0 Å². The van der Waals surface area contributed by atoms with Gasteiger partial charge in [-0.05, 0) is 58.2 Å². The van der Waals surface area contributed by atoms with Crippen molar-refractivity contribution in [2.75, 3.05) is 0 Å². The Morgan fingerprint density at radius 3 is 1.58 bits per heavy atom. The van der Waals surface area contributed by atoms with Gasteiger partial charge in [-0.2, -0.15) is 0 Å². The van der Waals surface area contributed by atoms with E-state index in [1.165, 1.54) is 5.56 Å². The average Bonchev–Trinajstić information content (AvgIpc) is 1.97. The second-order valence-electron chi connectivity index (χ2n) is 2.54. The molecule has 1 aromatic heterocycles. The van der Waals surface area contributed by atoms with E-state index in [1.807, 2.05) is 13.8 Å². The fraction of sp³-hybridized carbons (Fsp3) is 0.375. The highest BCUT2D eigenvalue weighted by Crippen LogP contribution is 2.28. The molecule has 0 fully saturated rings. The van der Waals surface area contributed by atoms with Crippen molar-refractivity contribution in [3.05, 3.63) is 25.9 Å². The molecule has 4 heteroatoms. The Balaban J connectivity index is 0.00000121. The summed E-state index contributed by atoms with van der Waals surface area (Å²) in [5.74, 6) is 0. The molecule has 1 nitrogen and oxygen atoms in total. The second kappa shape index (κ2) is 4.58. The zero-order valence-electron chi connectivity index (χ0n) is 7.11. The van der Waals surface area contributed by atoms with E-state index in [2.05, 4.69) is 43.8 Å². The maximum Gasteiger partial charge on any atom is 0.0521 e. The molecule has 1 rings (SSSR count). The van der Waals surface area contributed by atoms with Crippen LogP contribution in [0.4, 0.5) is 0 Å². The topological polar surface area (TPSA) is 12.9 Å². The monoisotopic (exact) mass is 313 g/mol. The molecule has 0 amide bonds. The summed E-state index contributed by atoms with van der Waals surface area (Å²) in [4.78, 5) is 4.34. The van der Waals surface area contributed by atoms with Crippen molar-refractivity contribution in [2.24, 2.45) is 0 Å². The zero-order chi connectivity index (χ0) is 8.59. The van der Waals surface area contributed by atoms with Gasteiger partial charge in [0.05, 0.1) is 11.4 Å². The summed E-state index contributed by atoms with van der Waals surface area (Å²) in [7, 11) is 0. The van der Waals surface area contributed by atoms with Crippen LogP contribution in [0.3, 0.4) is 0 Å². The fourth-order valence-electron chi connectivity index (χ4n) is 0.989. The molecule has 0 aliphatic heterocycles. The second-order valence-corrected chi connectivity index (χ2v) is 4.12. The first-order valence-electron chi connectivity index (χ1n) is 3.33. The SMILES string of the molecule is Cc1nc(C)c(Br)c(C)c1Br.Cl. The number of aryl methyl sites for hydroxylation is 2. The molecule has 12 heavy (non-hydrogen) atoms. The van der Waals surface area contributed by atoms with Crippen molar-refractivity contribution in [1.82, 2.24) is 4.98 Å². The number of hydrogen-bond donors (Lipinski definition) is 0. The number of nitrogens with zero attached hydrogens (tertiary/aromatic N) is 1. The Morgan fingerprint density at radius 2 is 1.25 bits per heavy atom. The third kappa shape index (κ3) is 2.21. The van der Waals surface area contributed by atoms with Crippen molar-refractivity contribution in [1.29, 1.82) is 0 Å². The van der Waals surface area contributed by atoms with Crippen LogP contribution in [0.25, 0.3) is 0 Å². The van der Waals surface area contributed by atoms with E-state index in [4.69, 9.17) is 0 Å². The first-order chi connectivity index (χ1) is 5.04. The normalized spacial score (nSPS) is 9.42. The van der Waals surface area contributed by atoms with Crippen LogP contribution in [0.1, 0.15) is 17.0 Å². The third-order valence-electron chi connectivity index (χ3n) is 1.63. The molecular weight excluding hydrogens is 305 g/mol. The van der Waals surface area contributed by atoms with Crippen LogP contribution in [0.15, 0.2) is 8.95 Å². The molecule has 0 bridgehead atoms. The van der Waals surface area contributed by atoms with E-state index >= 15 is 0 Å². The summed E-state index contributed by atoms with van der Waals surface area (Å²) in [6.07, 6.45) is 0. The van der Waals surface area contributed by atoms with Gasteiger partial charge in [-0.1, -0.05) is 0 Å². The number of rotatable bonds is 0. The molecule has 1 aromatic rings. The molecule has 0 atom stereocenters. The van der Waals surface area contributed by atoms with Crippen LogP contribution in [0.2, 0.25) is 0 Å². The molecule has 68 valence electrons. The van der Waals surface area contributed by atoms with E-state index in [0.29, 0.717) is 0 Å². The largest absolute Gasteiger partial charge is 0.256 e. The van der Waals surface area contributed by atoms with Gasteiger partial charge >= 0.3 is 0 Å². The minimum absolute atomic E-state index is 0. The molecule has 0 aliphatic carbocycles. The molecule has 0 N–H and O–H groups in total. The standard InChI is InChI=1S/C8H9Br2N.ClH/c1-4-7(9)5(2)11-6(3)8(4)10;/h1-3H3;1H. The van der Waals surface area contributed by atoms with Crippen molar-refractivity contribution < 1.29 is 0 Å². The Kier molecular flexibility index (Phi) is 4.74. The van der Waals surface area contributed by atoms with Gasteiger partial charge in [0.1, 0.15) is 0 Å². The summed E-state index contributed by atoms with van der Waals surface area (Å²) in [6.45, 7) is 6.06. The van der Waals surface area contributed by atoms with E-state index < -0.39 is 0 Å². The highest BCUT2D eigenvalue weighted by atomic mass is 79.9. The molecule has 1 heterocycles. The fourth-order valence-corrected chi connectivity index (χ4v) is 1.83. The highest BCUT2D eigenvalue weighted by Gasteiger charge is 2.06. The molecule has 0 aromatic carbocycles. The van der Waals surface area contributed by atoms with Crippen molar-refractivity contribution in [2.45, 2.75) is 20.8 Å². The first kappa shape index (κ1) is 12.4. The van der Waals surface area contributed by atoms with E-state index in [0.717, 1.165) is 20.3 Å². The molecule has 0 saturated heterocycles. The minimum atomic E-state index is 0. The van der Waals surface area contributed by atoms with E-state index in [9.17, 15) is 0 Å². The lowest BCUT2D eigenvalue weighted by Gasteiger charge is -2.06. The quantitative estimate of drug-likeness (QED) is 0.706. The number of aromatic nitrogens is 1. The van der Waals surface area contributed by atoms with Crippen LogP contribution in [0.5, 0.6) is 0 Å². The maximum atomic E-state index is 4.34. The van der Waals surface area contributed by atoms with Crippen LogP contribution in [0, 0.1) is 20.8 Å². The Labute approximate surface area is 95.6 Å². The number of hydrogen-bond acceptors (Lipinski definition) is 1. The van der Waals surface area contributed by atoms with Gasteiger partial charge in [-0.3, -0.25) is 4.98 Å². The Bertz CT molecular complexity index is 273. The van der Waals surface area contributed by atoms with Crippen LogP contribution >= 0.6 is 44.3 Å². The van der Waals surface area contributed by atoms with Gasteiger partial charge in [0, 0.05) is 8.95 Å². The van der Waals surface area contributed by atoms with Gasteiger partial charge in [0.2, 0.25) is 0 Å². The summed E-state index contributed by atoms with van der Waals surface area (Å²) in [6, 6.07) is 0. The molecule has 0 aliphatic rings. The lowest BCUT2D eigenvalue weighted by Crippen LogP contribution is -1.92. The molecule has 0 saturated carbocycles. The molecule has 0 spiro atoms. The van der Waals surface area contributed by atoms with Crippen molar-refractivity contribution in [3.8, 4) is 0 Å². The minimum Gasteiger partial charge on any atom is -0.256 e. The number of halogens is 3. The lowest BCUT2D eigenvalue weighted by atomic mass is 10.2. The van der Waals surface area contributed by atoms with Crippen LogP contribution < -0.4 is 0 Å². The summed E-state index contributed by atoms with van der Waals surface area (Å²) >= 11 is 6.94. The van der Waals surface area contributed by atoms with Crippen molar-refractivity contribution >= 4 is 44.3 Å². The van der Waals surface area contributed by atoms with Gasteiger partial charge in [-0.25, -0.2) is 0 Å². The maximum absolute atomic E-state index is 4.34. The van der Waals surface area contributed by atoms with Gasteiger partial charge in [-0.15, -0.1) is 12.4 Å².